The second-order valence-corrected chi connectivity index (χ2v) is 9.19. The number of ether oxygens (including phenoxy) is 2. The minimum atomic E-state index is -0.525. The van der Waals surface area contributed by atoms with Crippen molar-refractivity contribution in [1.29, 1.82) is 0 Å². The van der Waals surface area contributed by atoms with E-state index in [1.165, 1.54) is 25.3 Å². The second-order valence-electron chi connectivity index (χ2n) is 9.19. The Balaban J connectivity index is 1.42. The van der Waals surface area contributed by atoms with Gasteiger partial charge in [0.25, 0.3) is 0 Å². The van der Waals surface area contributed by atoms with Gasteiger partial charge in [-0.3, -0.25) is 9.59 Å². The van der Waals surface area contributed by atoms with Crippen molar-refractivity contribution in [3.63, 3.8) is 0 Å². The molecule has 2 aliphatic rings. The van der Waals surface area contributed by atoms with Crippen LogP contribution in [0.3, 0.4) is 0 Å². The Morgan fingerprint density at radius 3 is 2.39 bits per heavy atom. The van der Waals surface area contributed by atoms with Gasteiger partial charge in [-0.25, -0.2) is 0 Å². The minimum absolute atomic E-state index is 0.0176. The van der Waals surface area contributed by atoms with Crippen molar-refractivity contribution in [3.8, 4) is 11.5 Å². The lowest BCUT2D eigenvalue weighted by Crippen LogP contribution is -2.42. The zero-order valence-corrected chi connectivity index (χ0v) is 19.5. The molecule has 0 saturated heterocycles. The Bertz CT molecular complexity index is 956. The van der Waals surface area contributed by atoms with Crippen molar-refractivity contribution in [2.75, 3.05) is 7.11 Å². The van der Waals surface area contributed by atoms with Crippen LogP contribution in [-0.4, -0.2) is 25.0 Å². The summed E-state index contributed by atoms with van der Waals surface area (Å²) in [6, 6.07) is 15.7. The molecule has 6 heteroatoms. The predicted octanol–water partition coefficient (Wildman–Crippen LogP) is 4.85. The summed E-state index contributed by atoms with van der Waals surface area (Å²) in [5, 5.41) is 5.89. The molecule has 3 atom stereocenters. The van der Waals surface area contributed by atoms with Gasteiger partial charge in [-0.1, -0.05) is 36.4 Å². The van der Waals surface area contributed by atoms with Crippen LogP contribution >= 0.6 is 0 Å². The van der Waals surface area contributed by atoms with Gasteiger partial charge >= 0.3 is 0 Å². The largest absolute Gasteiger partial charge is 0.493 e. The van der Waals surface area contributed by atoms with Crippen molar-refractivity contribution < 1.29 is 19.1 Å². The number of nitrogens with one attached hydrogen (secondary N) is 2. The van der Waals surface area contributed by atoms with Crippen LogP contribution in [0.25, 0.3) is 0 Å². The van der Waals surface area contributed by atoms with Crippen LogP contribution in [0.4, 0.5) is 0 Å². The summed E-state index contributed by atoms with van der Waals surface area (Å²) in [5.74, 6) is 1.59. The van der Waals surface area contributed by atoms with E-state index in [1.807, 2.05) is 36.4 Å². The zero-order valence-electron chi connectivity index (χ0n) is 19.5. The van der Waals surface area contributed by atoms with E-state index < -0.39 is 6.17 Å². The van der Waals surface area contributed by atoms with Crippen LogP contribution in [0.1, 0.15) is 75.1 Å². The third-order valence-electron chi connectivity index (χ3n) is 6.83. The van der Waals surface area contributed by atoms with Gasteiger partial charge in [0.15, 0.2) is 11.5 Å². The molecule has 0 heterocycles. The fourth-order valence-electron chi connectivity index (χ4n) is 5.06. The molecule has 6 nitrogen and oxygen atoms in total. The summed E-state index contributed by atoms with van der Waals surface area (Å²) in [7, 11) is 1.67. The van der Waals surface area contributed by atoms with E-state index in [1.54, 1.807) is 7.11 Å². The molecule has 2 aliphatic carbocycles. The van der Waals surface area contributed by atoms with E-state index in [4.69, 9.17) is 9.47 Å². The first-order valence-corrected chi connectivity index (χ1v) is 12.0. The zero-order chi connectivity index (χ0) is 23.2. The first kappa shape index (κ1) is 23.1. The molecule has 0 spiro atoms. The third-order valence-corrected chi connectivity index (χ3v) is 6.83. The number of methoxy groups -OCH3 is 1. The minimum Gasteiger partial charge on any atom is -0.493 e. The summed E-state index contributed by atoms with van der Waals surface area (Å²) >= 11 is 0. The summed E-state index contributed by atoms with van der Waals surface area (Å²) in [5.41, 5.74) is 2.06. The molecule has 0 bridgehead atoms. The molecule has 2 fully saturated rings. The van der Waals surface area contributed by atoms with E-state index in [2.05, 4.69) is 22.8 Å². The number of benzene rings is 2. The maximum Gasteiger partial charge on any atom is 0.224 e. The molecule has 0 aliphatic heterocycles. The average Bonchev–Trinajstić information content (AvgIpc) is 3.51. The molecule has 2 N–H and O–H groups in total. The van der Waals surface area contributed by atoms with Crippen molar-refractivity contribution in [2.24, 2.45) is 5.92 Å². The van der Waals surface area contributed by atoms with Gasteiger partial charge in [0.05, 0.1) is 13.2 Å². The lowest BCUT2D eigenvalue weighted by molar-refractivity contribution is -0.126. The van der Waals surface area contributed by atoms with Crippen molar-refractivity contribution >= 4 is 11.8 Å². The van der Waals surface area contributed by atoms with Gasteiger partial charge in [0.2, 0.25) is 11.8 Å². The van der Waals surface area contributed by atoms with Gasteiger partial charge in [-0.05, 0) is 74.1 Å². The molecule has 33 heavy (non-hydrogen) atoms. The van der Waals surface area contributed by atoms with Crippen LogP contribution in [-0.2, 0) is 9.59 Å². The maximum absolute atomic E-state index is 13.1. The SMILES string of the molecule is COc1ccc(C2CCC(C(=O)NC(NC(C)=O)c3ccccc3)C2)cc1OC1CCCC1. The monoisotopic (exact) mass is 450 g/mol. The van der Waals surface area contributed by atoms with Crippen LogP contribution in [0.15, 0.2) is 48.5 Å². The number of amides is 2. The molecular weight excluding hydrogens is 416 g/mol. The van der Waals surface area contributed by atoms with E-state index in [0.29, 0.717) is 5.92 Å². The Morgan fingerprint density at radius 2 is 1.70 bits per heavy atom. The fraction of sp³-hybridized carbons (Fsp3) is 0.481. The Morgan fingerprint density at radius 1 is 0.939 bits per heavy atom. The molecular formula is C27H34N2O4. The molecule has 4 rings (SSSR count). The number of rotatable bonds is 8. The standard InChI is InChI=1S/C27H34N2O4/c1-18(30)28-26(19-8-4-3-5-9-19)29-27(31)22-13-12-20(16-22)21-14-15-24(32-2)25(17-21)33-23-10-6-7-11-23/h3-5,8-9,14-15,17,20,22-23,26H,6-7,10-13,16H2,1-2H3,(H,28,30)(H,29,31). The molecule has 2 saturated carbocycles. The highest BCUT2D eigenvalue weighted by Crippen LogP contribution is 2.42. The highest BCUT2D eigenvalue weighted by atomic mass is 16.5. The summed E-state index contributed by atoms with van der Waals surface area (Å²) in [6.45, 7) is 1.46. The predicted molar refractivity (Wildman–Crippen MR) is 127 cm³/mol. The van der Waals surface area contributed by atoms with Gasteiger partial charge in [0.1, 0.15) is 6.17 Å². The number of carbonyl (C=O) groups excluding carboxylic acids is 2. The smallest absolute Gasteiger partial charge is 0.224 e. The lowest BCUT2D eigenvalue weighted by Gasteiger charge is -2.22. The van der Waals surface area contributed by atoms with E-state index in [0.717, 1.165) is 49.2 Å². The molecule has 0 radical (unpaired) electrons. The van der Waals surface area contributed by atoms with Crippen molar-refractivity contribution in [1.82, 2.24) is 10.6 Å². The van der Waals surface area contributed by atoms with Crippen molar-refractivity contribution in [3.05, 3.63) is 59.7 Å². The van der Waals surface area contributed by atoms with Crippen LogP contribution in [0.5, 0.6) is 11.5 Å². The second kappa shape index (κ2) is 10.7. The topological polar surface area (TPSA) is 76.7 Å². The summed E-state index contributed by atoms with van der Waals surface area (Å²) < 4.78 is 11.8. The van der Waals surface area contributed by atoms with Gasteiger partial charge in [-0.2, -0.15) is 0 Å². The highest BCUT2D eigenvalue weighted by molar-refractivity contribution is 5.81. The highest BCUT2D eigenvalue weighted by Gasteiger charge is 2.32. The van der Waals surface area contributed by atoms with E-state index in [-0.39, 0.29) is 23.8 Å². The van der Waals surface area contributed by atoms with Gasteiger partial charge < -0.3 is 20.1 Å². The first-order chi connectivity index (χ1) is 16.0. The number of hydrogen-bond donors (Lipinski definition) is 2. The average molecular weight is 451 g/mol. The molecule has 2 aromatic carbocycles. The molecule has 2 aromatic rings. The van der Waals surface area contributed by atoms with E-state index >= 15 is 0 Å². The Labute approximate surface area is 196 Å². The molecule has 0 aromatic heterocycles. The van der Waals surface area contributed by atoms with Crippen LogP contribution < -0.4 is 20.1 Å². The van der Waals surface area contributed by atoms with Crippen molar-refractivity contribution in [2.45, 2.75) is 70.1 Å². The first-order valence-electron chi connectivity index (χ1n) is 12.0. The molecule has 3 unspecified atom stereocenters. The normalized spacial score (nSPS) is 21.4. The Hall–Kier alpha value is -3.02. The lowest BCUT2D eigenvalue weighted by atomic mass is 9.95. The quantitative estimate of drug-likeness (QED) is 0.564. The van der Waals surface area contributed by atoms with Gasteiger partial charge in [-0.15, -0.1) is 0 Å². The van der Waals surface area contributed by atoms with Gasteiger partial charge in [0, 0.05) is 12.8 Å². The summed E-state index contributed by atoms with van der Waals surface area (Å²) in [6.07, 6.45) is 6.91. The number of hydrogen-bond acceptors (Lipinski definition) is 4. The fourth-order valence-corrected chi connectivity index (χ4v) is 5.06. The van der Waals surface area contributed by atoms with E-state index in [9.17, 15) is 9.59 Å². The maximum atomic E-state index is 13.1. The third kappa shape index (κ3) is 5.86. The molecule has 2 amide bonds. The summed E-state index contributed by atoms with van der Waals surface area (Å²) in [4.78, 5) is 24.8. The van der Waals surface area contributed by atoms with Crippen LogP contribution in [0.2, 0.25) is 0 Å². The molecule has 176 valence electrons. The Kier molecular flexibility index (Phi) is 7.53. The van der Waals surface area contributed by atoms with Crippen LogP contribution in [0, 0.1) is 5.92 Å². The number of carbonyl (C=O) groups is 2.